The number of carbonyl (C=O) groups is 2. The van der Waals surface area contributed by atoms with Crippen LogP contribution in [0.3, 0.4) is 0 Å². The molecule has 2 N–H and O–H groups in total. The van der Waals surface area contributed by atoms with Gasteiger partial charge in [0.1, 0.15) is 0 Å². The van der Waals surface area contributed by atoms with E-state index in [4.69, 9.17) is 0 Å². The van der Waals surface area contributed by atoms with Crippen LogP contribution in [0.4, 0.5) is 5.69 Å². The fraction of sp³-hybridized carbons (Fsp3) is 0.600. The van der Waals surface area contributed by atoms with Gasteiger partial charge in [0.05, 0.1) is 0 Å². The monoisotopic (exact) mass is 347 g/mol. The molecule has 0 aliphatic rings. The molecule has 5 nitrogen and oxygen atoms in total. The summed E-state index contributed by atoms with van der Waals surface area (Å²) in [6.07, 6.45) is 1.09. The molecule has 0 saturated carbocycles. The zero-order valence-electron chi connectivity index (χ0n) is 16.3. The molecule has 0 unspecified atom stereocenters. The highest BCUT2D eigenvalue weighted by molar-refractivity contribution is 5.81. The van der Waals surface area contributed by atoms with Crippen molar-refractivity contribution in [1.82, 2.24) is 10.6 Å². The first kappa shape index (κ1) is 21.0. The molecule has 0 aliphatic heterocycles. The van der Waals surface area contributed by atoms with Crippen molar-refractivity contribution in [2.24, 2.45) is 5.41 Å². The van der Waals surface area contributed by atoms with Gasteiger partial charge in [0.15, 0.2) is 0 Å². The Hall–Kier alpha value is -2.04. The standard InChI is InChI=1S/C20H33N3O2/c1-6-23(17-10-7-9-16(2)15-17)14-13-21-18(24)11-8-12-22-19(25)20(3,4)5/h7,9-10,15H,6,8,11-14H2,1-5H3,(H,21,24)(H,22,25). The number of rotatable bonds is 9. The van der Waals surface area contributed by atoms with Gasteiger partial charge in [-0.25, -0.2) is 0 Å². The third-order valence-corrected chi connectivity index (χ3v) is 4.00. The number of hydrogen-bond donors (Lipinski definition) is 2. The SMILES string of the molecule is CCN(CCNC(=O)CCCNC(=O)C(C)(C)C)c1cccc(C)c1. The van der Waals surface area contributed by atoms with Crippen LogP contribution in [0.25, 0.3) is 0 Å². The van der Waals surface area contributed by atoms with E-state index in [1.807, 2.05) is 20.8 Å². The van der Waals surface area contributed by atoms with Crippen molar-refractivity contribution in [2.75, 3.05) is 31.1 Å². The number of carbonyl (C=O) groups excluding carboxylic acids is 2. The number of likely N-dealkylation sites (N-methyl/N-ethyl adjacent to an activating group) is 1. The normalized spacial score (nSPS) is 11.1. The van der Waals surface area contributed by atoms with Gasteiger partial charge >= 0.3 is 0 Å². The Morgan fingerprint density at radius 1 is 1.12 bits per heavy atom. The Balaban J connectivity index is 2.24. The number of aryl methyl sites for hydroxylation is 1. The summed E-state index contributed by atoms with van der Waals surface area (Å²) in [5.41, 5.74) is 2.03. The second-order valence-corrected chi connectivity index (χ2v) is 7.38. The summed E-state index contributed by atoms with van der Waals surface area (Å²) in [5, 5.41) is 5.82. The van der Waals surface area contributed by atoms with E-state index in [1.165, 1.54) is 11.3 Å². The van der Waals surface area contributed by atoms with E-state index in [0.717, 1.165) is 13.1 Å². The summed E-state index contributed by atoms with van der Waals surface area (Å²) in [6, 6.07) is 8.38. The molecule has 25 heavy (non-hydrogen) atoms. The van der Waals surface area contributed by atoms with Gasteiger partial charge in [-0.3, -0.25) is 9.59 Å². The lowest BCUT2D eigenvalue weighted by Gasteiger charge is -2.23. The van der Waals surface area contributed by atoms with Crippen LogP contribution in [0.1, 0.15) is 46.1 Å². The summed E-state index contributed by atoms with van der Waals surface area (Å²) < 4.78 is 0. The molecule has 1 rings (SSSR count). The van der Waals surface area contributed by atoms with E-state index in [2.05, 4.69) is 53.6 Å². The molecular formula is C20H33N3O2. The summed E-state index contributed by atoms with van der Waals surface area (Å²) in [7, 11) is 0. The average molecular weight is 348 g/mol. The fourth-order valence-corrected chi connectivity index (χ4v) is 2.43. The molecule has 140 valence electrons. The number of nitrogens with one attached hydrogen (secondary N) is 2. The summed E-state index contributed by atoms with van der Waals surface area (Å²) in [5.74, 6) is 0.0509. The third-order valence-electron chi connectivity index (χ3n) is 4.00. The molecule has 0 aliphatic carbocycles. The second kappa shape index (κ2) is 10.1. The Morgan fingerprint density at radius 2 is 1.84 bits per heavy atom. The summed E-state index contributed by atoms with van der Waals surface area (Å²) in [4.78, 5) is 25.9. The largest absolute Gasteiger partial charge is 0.370 e. The van der Waals surface area contributed by atoms with Crippen molar-refractivity contribution in [3.8, 4) is 0 Å². The van der Waals surface area contributed by atoms with Crippen LogP contribution in [-0.4, -0.2) is 38.0 Å². The highest BCUT2D eigenvalue weighted by Crippen LogP contribution is 2.15. The molecule has 0 saturated heterocycles. The molecule has 0 spiro atoms. The van der Waals surface area contributed by atoms with E-state index >= 15 is 0 Å². The van der Waals surface area contributed by atoms with E-state index in [-0.39, 0.29) is 17.2 Å². The predicted octanol–water partition coefficient (Wildman–Crippen LogP) is 2.88. The predicted molar refractivity (Wildman–Crippen MR) is 104 cm³/mol. The molecule has 2 amide bonds. The van der Waals surface area contributed by atoms with Gasteiger partial charge in [0.25, 0.3) is 0 Å². The highest BCUT2D eigenvalue weighted by Gasteiger charge is 2.20. The number of anilines is 1. The van der Waals surface area contributed by atoms with Gasteiger partial charge < -0.3 is 15.5 Å². The molecule has 0 bridgehead atoms. The van der Waals surface area contributed by atoms with Gasteiger partial charge in [-0.15, -0.1) is 0 Å². The summed E-state index contributed by atoms with van der Waals surface area (Å²) >= 11 is 0. The molecule has 0 atom stereocenters. The molecule has 5 heteroatoms. The Labute approximate surface area is 152 Å². The molecule has 0 fully saturated rings. The first-order chi connectivity index (χ1) is 11.7. The van der Waals surface area contributed by atoms with Crippen molar-refractivity contribution in [1.29, 1.82) is 0 Å². The third kappa shape index (κ3) is 8.05. The fourth-order valence-electron chi connectivity index (χ4n) is 2.43. The van der Waals surface area contributed by atoms with Crippen molar-refractivity contribution < 1.29 is 9.59 Å². The van der Waals surface area contributed by atoms with Crippen LogP contribution in [0.2, 0.25) is 0 Å². The molecule has 0 aromatic heterocycles. The average Bonchev–Trinajstić information content (AvgIpc) is 2.54. The molecule has 1 aromatic carbocycles. The van der Waals surface area contributed by atoms with Crippen molar-refractivity contribution >= 4 is 17.5 Å². The number of hydrogen-bond acceptors (Lipinski definition) is 3. The van der Waals surface area contributed by atoms with E-state index < -0.39 is 0 Å². The number of benzene rings is 1. The summed E-state index contributed by atoms with van der Waals surface area (Å²) in [6.45, 7) is 12.7. The highest BCUT2D eigenvalue weighted by atomic mass is 16.2. The smallest absolute Gasteiger partial charge is 0.225 e. The van der Waals surface area contributed by atoms with Gasteiger partial charge in [0, 0.05) is 43.7 Å². The first-order valence-corrected chi connectivity index (χ1v) is 9.10. The van der Waals surface area contributed by atoms with Crippen LogP contribution >= 0.6 is 0 Å². The first-order valence-electron chi connectivity index (χ1n) is 9.10. The lowest BCUT2D eigenvalue weighted by molar-refractivity contribution is -0.128. The lowest BCUT2D eigenvalue weighted by atomic mass is 9.96. The lowest BCUT2D eigenvalue weighted by Crippen LogP contribution is -2.37. The molecule has 1 aromatic rings. The van der Waals surface area contributed by atoms with Gasteiger partial charge in [-0.05, 0) is 38.0 Å². The van der Waals surface area contributed by atoms with Gasteiger partial charge in [0.2, 0.25) is 11.8 Å². The van der Waals surface area contributed by atoms with Gasteiger partial charge in [-0.2, -0.15) is 0 Å². The van der Waals surface area contributed by atoms with Crippen LogP contribution < -0.4 is 15.5 Å². The minimum Gasteiger partial charge on any atom is -0.370 e. The number of amides is 2. The van der Waals surface area contributed by atoms with Crippen molar-refractivity contribution in [2.45, 2.75) is 47.5 Å². The van der Waals surface area contributed by atoms with Crippen LogP contribution in [0.15, 0.2) is 24.3 Å². The number of nitrogens with zero attached hydrogens (tertiary/aromatic N) is 1. The maximum Gasteiger partial charge on any atom is 0.225 e. The zero-order valence-corrected chi connectivity index (χ0v) is 16.3. The maximum atomic E-state index is 11.9. The van der Waals surface area contributed by atoms with Crippen molar-refractivity contribution in [3.05, 3.63) is 29.8 Å². The van der Waals surface area contributed by atoms with Gasteiger partial charge in [-0.1, -0.05) is 32.9 Å². The van der Waals surface area contributed by atoms with Crippen molar-refractivity contribution in [3.63, 3.8) is 0 Å². The van der Waals surface area contributed by atoms with E-state index in [1.54, 1.807) is 0 Å². The Morgan fingerprint density at radius 3 is 2.44 bits per heavy atom. The van der Waals surface area contributed by atoms with E-state index in [9.17, 15) is 9.59 Å². The molecule has 0 radical (unpaired) electrons. The molecular weight excluding hydrogens is 314 g/mol. The quantitative estimate of drug-likeness (QED) is 0.675. The second-order valence-electron chi connectivity index (χ2n) is 7.38. The maximum absolute atomic E-state index is 11.9. The minimum absolute atomic E-state index is 0.0182. The topological polar surface area (TPSA) is 61.4 Å². The van der Waals surface area contributed by atoms with E-state index in [0.29, 0.717) is 25.9 Å². The van der Waals surface area contributed by atoms with Crippen LogP contribution in [0.5, 0.6) is 0 Å². The van der Waals surface area contributed by atoms with Crippen LogP contribution in [-0.2, 0) is 9.59 Å². The Kier molecular flexibility index (Phi) is 8.46. The van der Waals surface area contributed by atoms with Crippen LogP contribution in [0, 0.1) is 12.3 Å². The minimum atomic E-state index is -0.387. The zero-order chi connectivity index (χ0) is 18.9. The Bertz CT molecular complexity index is 564. The molecule has 0 heterocycles.